The Morgan fingerprint density at radius 3 is 1.40 bits per heavy atom. The van der Waals surface area contributed by atoms with Crippen molar-refractivity contribution in [1.29, 1.82) is 0 Å². The summed E-state index contributed by atoms with van der Waals surface area (Å²) in [5.41, 5.74) is 0. The molecule has 0 saturated carbocycles. The summed E-state index contributed by atoms with van der Waals surface area (Å²) in [7, 11) is 0. The van der Waals surface area contributed by atoms with Crippen LogP contribution in [0.25, 0.3) is 0 Å². The Kier molecular flexibility index (Phi) is 10.1. The Morgan fingerprint density at radius 2 is 1.40 bits per heavy atom. The SMILES string of the molecule is CC(Cl)Cl.[Ti]. The summed E-state index contributed by atoms with van der Waals surface area (Å²) in [6, 6.07) is 0. The third-order valence-electron chi connectivity index (χ3n) is 0. The molecule has 3 heteroatoms. The number of rotatable bonds is 0. The maximum atomic E-state index is 5.04. The first kappa shape index (κ1) is 9.57. The van der Waals surface area contributed by atoms with Gasteiger partial charge in [-0.15, -0.1) is 23.2 Å². The van der Waals surface area contributed by atoms with Crippen molar-refractivity contribution in [3.8, 4) is 0 Å². The molecule has 0 aromatic heterocycles. The van der Waals surface area contributed by atoms with E-state index < -0.39 is 0 Å². The van der Waals surface area contributed by atoms with Gasteiger partial charge in [0.1, 0.15) is 4.84 Å². The maximum Gasteiger partial charge on any atom is 0.105 e. The first-order chi connectivity index (χ1) is 1.73. The molecule has 0 nitrogen and oxygen atoms in total. The average Bonchev–Trinajstić information content (AvgIpc) is 0.811. The van der Waals surface area contributed by atoms with Gasteiger partial charge in [-0.1, -0.05) is 0 Å². The van der Waals surface area contributed by atoms with Crippen LogP contribution in [0.15, 0.2) is 0 Å². The zero-order valence-electron chi connectivity index (χ0n) is 2.83. The molecule has 30 valence electrons. The number of hydrogen-bond donors (Lipinski definition) is 0. The molecule has 0 heterocycles. The van der Waals surface area contributed by atoms with Crippen molar-refractivity contribution in [2.24, 2.45) is 0 Å². The molecule has 0 aromatic carbocycles. The summed E-state index contributed by atoms with van der Waals surface area (Å²) in [5.74, 6) is 0. The topological polar surface area (TPSA) is 0 Å². The Bertz CT molecular complexity index is 12.4. The predicted molar refractivity (Wildman–Crippen MR) is 21.2 cm³/mol. The van der Waals surface area contributed by atoms with Crippen LogP contribution in [0.2, 0.25) is 0 Å². The molecule has 0 amide bonds. The van der Waals surface area contributed by atoms with Gasteiger partial charge < -0.3 is 0 Å². The molecule has 0 saturated heterocycles. The largest absolute Gasteiger partial charge is 0.106 e. The van der Waals surface area contributed by atoms with Crippen molar-refractivity contribution in [2.75, 3.05) is 0 Å². The molecule has 0 aliphatic carbocycles. The van der Waals surface area contributed by atoms with Crippen LogP contribution >= 0.6 is 23.2 Å². The second-order valence-corrected chi connectivity index (χ2v) is 2.05. The normalized spacial score (nSPS) is 7.20. The summed E-state index contributed by atoms with van der Waals surface area (Å²) in [4.78, 5) is -0.222. The molecule has 0 aromatic rings. The predicted octanol–water partition coefficient (Wildman–Crippen LogP) is 1.81. The van der Waals surface area contributed by atoms with E-state index in [1.807, 2.05) is 0 Å². The molecule has 0 spiro atoms. The van der Waals surface area contributed by atoms with Crippen LogP contribution < -0.4 is 0 Å². The van der Waals surface area contributed by atoms with Gasteiger partial charge in [0.15, 0.2) is 0 Å². The van der Waals surface area contributed by atoms with Crippen molar-refractivity contribution >= 4 is 23.2 Å². The van der Waals surface area contributed by atoms with Gasteiger partial charge in [0.2, 0.25) is 0 Å². The van der Waals surface area contributed by atoms with E-state index in [0.29, 0.717) is 0 Å². The van der Waals surface area contributed by atoms with Crippen molar-refractivity contribution in [2.45, 2.75) is 11.8 Å². The third kappa shape index (κ3) is 34.3. The van der Waals surface area contributed by atoms with Crippen LogP contribution in [0.1, 0.15) is 6.92 Å². The van der Waals surface area contributed by atoms with E-state index in [2.05, 4.69) is 0 Å². The van der Waals surface area contributed by atoms with Crippen LogP contribution in [0.3, 0.4) is 0 Å². The first-order valence-electron chi connectivity index (χ1n) is 1.01. The van der Waals surface area contributed by atoms with E-state index in [1.165, 1.54) is 0 Å². The van der Waals surface area contributed by atoms with E-state index >= 15 is 0 Å². The van der Waals surface area contributed by atoms with Crippen molar-refractivity contribution in [1.82, 2.24) is 0 Å². The van der Waals surface area contributed by atoms with Gasteiger partial charge in [0, 0.05) is 21.7 Å². The molecule has 0 unspecified atom stereocenters. The quantitative estimate of drug-likeness (QED) is 0.362. The average molecular weight is 147 g/mol. The molecule has 0 rings (SSSR count). The summed E-state index contributed by atoms with van der Waals surface area (Å²) in [5, 5.41) is 0. The molecule has 0 radical (unpaired) electrons. The molecule has 0 atom stereocenters. The fourth-order valence-corrected chi connectivity index (χ4v) is 0. The molecular formula is C2H4Cl2Ti. The zero-order valence-corrected chi connectivity index (χ0v) is 5.91. The van der Waals surface area contributed by atoms with Crippen LogP contribution in [0.4, 0.5) is 0 Å². The van der Waals surface area contributed by atoms with Gasteiger partial charge in [0.05, 0.1) is 0 Å². The summed E-state index contributed by atoms with van der Waals surface area (Å²) in [6.07, 6.45) is 0. The van der Waals surface area contributed by atoms with Crippen molar-refractivity contribution in [3.63, 3.8) is 0 Å². The van der Waals surface area contributed by atoms with Crippen molar-refractivity contribution in [3.05, 3.63) is 0 Å². The van der Waals surface area contributed by atoms with Crippen LogP contribution in [0, 0.1) is 0 Å². The fraction of sp³-hybridized carbons (Fsp3) is 1.00. The molecule has 0 aliphatic heterocycles. The van der Waals surface area contributed by atoms with Crippen LogP contribution in [-0.4, -0.2) is 4.84 Å². The summed E-state index contributed by atoms with van der Waals surface area (Å²) < 4.78 is 0. The summed E-state index contributed by atoms with van der Waals surface area (Å²) in [6.45, 7) is 1.70. The molecule has 0 bridgehead atoms. The van der Waals surface area contributed by atoms with Crippen molar-refractivity contribution < 1.29 is 21.7 Å². The third-order valence-corrected chi connectivity index (χ3v) is 0. The summed E-state index contributed by atoms with van der Waals surface area (Å²) >= 11 is 10.1. The number of alkyl halides is 2. The monoisotopic (exact) mass is 146 g/mol. The smallest absolute Gasteiger partial charge is 0.105 e. The maximum absolute atomic E-state index is 5.04. The minimum Gasteiger partial charge on any atom is -0.106 e. The van der Waals surface area contributed by atoms with Gasteiger partial charge in [0.25, 0.3) is 0 Å². The molecule has 0 fully saturated rings. The number of halogens is 2. The van der Waals surface area contributed by atoms with E-state index in [9.17, 15) is 0 Å². The second-order valence-electron chi connectivity index (χ2n) is 0.519. The zero-order chi connectivity index (χ0) is 3.58. The van der Waals surface area contributed by atoms with E-state index in [1.54, 1.807) is 6.92 Å². The van der Waals surface area contributed by atoms with Crippen LogP contribution in [0.5, 0.6) is 0 Å². The minimum absolute atomic E-state index is 0. The standard InChI is InChI=1S/C2H4Cl2.Ti/c1-2(3)4;/h2H,1H3;. The minimum atomic E-state index is -0.222. The van der Waals surface area contributed by atoms with Crippen LogP contribution in [-0.2, 0) is 21.7 Å². The molecule has 0 N–H and O–H groups in total. The molecular weight excluding hydrogens is 143 g/mol. The van der Waals surface area contributed by atoms with Gasteiger partial charge in [-0.05, 0) is 6.92 Å². The van der Waals surface area contributed by atoms with Gasteiger partial charge in [-0.2, -0.15) is 0 Å². The molecule has 0 aliphatic rings. The Balaban J connectivity index is 0. The van der Waals surface area contributed by atoms with E-state index in [0.717, 1.165) is 0 Å². The van der Waals surface area contributed by atoms with E-state index in [-0.39, 0.29) is 26.6 Å². The van der Waals surface area contributed by atoms with Gasteiger partial charge >= 0.3 is 0 Å². The van der Waals surface area contributed by atoms with Gasteiger partial charge in [-0.3, -0.25) is 0 Å². The fourth-order valence-electron chi connectivity index (χ4n) is 0. The Morgan fingerprint density at radius 1 is 1.40 bits per heavy atom. The number of hydrogen-bond acceptors (Lipinski definition) is 0. The molecule has 5 heavy (non-hydrogen) atoms. The van der Waals surface area contributed by atoms with Gasteiger partial charge in [-0.25, -0.2) is 0 Å². The van der Waals surface area contributed by atoms with E-state index in [4.69, 9.17) is 23.2 Å². The Labute approximate surface area is 56.7 Å². The second kappa shape index (κ2) is 5.29. The first-order valence-corrected chi connectivity index (χ1v) is 1.89. The Hall–Kier alpha value is 1.29.